The zero-order valence-electron chi connectivity index (χ0n) is 14.5. The van der Waals surface area contributed by atoms with E-state index in [0.29, 0.717) is 11.3 Å². The molecular formula is C20H14BrNO5. The fraction of sp³-hybridized carbons (Fsp3) is 0.100. The van der Waals surface area contributed by atoms with Gasteiger partial charge in [-0.2, -0.15) is 0 Å². The van der Waals surface area contributed by atoms with Gasteiger partial charge in [-0.05, 0) is 42.8 Å². The summed E-state index contributed by atoms with van der Waals surface area (Å²) in [5.74, 6) is -3.65. The summed E-state index contributed by atoms with van der Waals surface area (Å²) in [6.07, 6.45) is 0. The van der Waals surface area contributed by atoms with Crippen LogP contribution in [0.15, 0.2) is 64.3 Å². The monoisotopic (exact) mass is 427 g/mol. The third-order valence-corrected chi connectivity index (χ3v) is 4.68. The lowest BCUT2D eigenvalue weighted by Gasteiger charge is -2.20. The molecule has 0 aromatic heterocycles. The SMILES string of the molecule is COC(=O)C1=C(C(=O)c2ccc(Br)cc2)C(=O)C(=O)N1c1ccccc1C. The van der Waals surface area contributed by atoms with Crippen molar-refractivity contribution in [3.05, 3.63) is 75.4 Å². The number of hydrogen-bond donors (Lipinski definition) is 0. The summed E-state index contributed by atoms with van der Waals surface area (Å²) in [6, 6.07) is 13.0. The minimum Gasteiger partial charge on any atom is -0.464 e. The number of hydrogen-bond acceptors (Lipinski definition) is 5. The van der Waals surface area contributed by atoms with Crippen LogP contribution >= 0.6 is 15.9 Å². The van der Waals surface area contributed by atoms with Crippen molar-refractivity contribution in [3.8, 4) is 0 Å². The highest BCUT2D eigenvalue weighted by atomic mass is 79.9. The number of carbonyl (C=O) groups is 4. The Hall–Kier alpha value is -3.06. The van der Waals surface area contributed by atoms with Gasteiger partial charge in [0.15, 0.2) is 11.5 Å². The molecule has 0 saturated carbocycles. The zero-order chi connectivity index (χ0) is 19.7. The van der Waals surface area contributed by atoms with Gasteiger partial charge in [0, 0.05) is 10.0 Å². The number of esters is 1. The van der Waals surface area contributed by atoms with Crippen LogP contribution in [0.3, 0.4) is 0 Å². The highest BCUT2D eigenvalue weighted by molar-refractivity contribution is 9.10. The van der Waals surface area contributed by atoms with E-state index in [1.54, 1.807) is 43.3 Å². The van der Waals surface area contributed by atoms with Gasteiger partial charge in [0.1, 0.15) is 5.57 Å². The smallest absolute Gasteiger partial charge is 0.356 e. The van der Waals surface area contributed by atoms with Gasteiger partial charge in [0.2, 0.25) is 0 Å². The van der Waals surface area contributed by atoms with Crippen LogP contribution < -0.4 is 4.90 Å². The van der Waals surface area contributed by atoms with Gasteiger partial charge < -0.3 is 4.74 Å². The summed E-state index contributed by atoms with van der Waals surface area (Å²) >= 11 is 3.27. The molecule has 27 heavy (non-hydrogen) atoms. The Morgan fingerprint density at radius 1 is 1.00 bits per heavy atom. The zero-order valence-corrected chi connectivity index (χ0v) is 16.1. The van der Waals surface area contributed by atoms with Gasteiger partial charge in [-0.15, -0.1) is 0 Å². The van der Waals surface area contributed by atoms with Crippen LogP contribution in [0.1, 0.15) is 15.9 Å². The van der Waals surface area contributed by atoms with Crippen molar-refractivity contribution in [2.75, 3.05) is 12.0 Å². The number of aryl methyl sites for hydroxylation is 1. The van der Waals surface area contributed by atoms with Crippen LogP contribution in [-0.4, -0.2) is 30.6 Å². The molecular weight excluding hydrogens is 414 g/mol. The summed E-state index contributed by atoms with van der Waals surface area (Å²) in [6.45, 7) is 1.73. The minimum absolute atomic E-state index is 0.183. The molecule has 0 bridgehead atoms. The number of methoxy groups -OCH3 is 1. The Bertz CT molecular complexity index is 1010. The molecule has 1 heterocycles. The van der Waals surface area contributed by atoms with Crippen molar-refractivity contribution in [2.24, 2.45) is 0 Å². The van der Waals surface area contributed by atoms with E-state index in [2.05, 4.69) is 15.9 Å². The second kappa shape index (κ2) is 7.28. The highest BCUT2D eigenvalue weighted by Gasteiger charge is 2.46. The first-order valence-corrected chi connectivity index (χ1v) is 8.73. The first-order valence-electron chi connectivity index (χ1n) is 7.94. The van der Waals surface area contributed by atoms with Gasteiger partial charge in [-0.25, -0.2) is 4.79 Å². The second-order valence-electron chi connectivity index (χ2n) is 5.81. The van der Waals surface area contributed by atoms with Crippen molar-refractivity contribution in [1.29, 1.82) is 0 Å². The van der Waals surface area contributed by atoms with E-state index >= 15 is 0 Å². The largest absolute Gasteiger partial charge is 0.464 e. The predicted octanol–water partition coefficient (Wildman–Crippen LogP) is 2.98. The first kappa shape index (κ1) is 18.7. The van der Waals surface area contributed by atoms with Crippen LogP contribution in [0.2, 0.25) is 0 Å². The number of Topliss-reactive ketones (excluding diaryl/α,β-unsaturated/α-hetero) is 2. The van der Waals surface area contributed by atoms with Crippen LogP contribution in [-0.2, 0) is 19.1 Å². The molecule has 136 valence electrons. The molecule has 7 heteroatoms. The Kier molecular flexibility index (Phi) is 5.05. The number of ketones is 2. The maximum Gasteiger partial charge on any atom is 0.356 e. The molecule has 0 radical (unpaired) electrons. The third kappa shape index (κ3) is 3.21. The van der Waals surface area contributed by atoms with E-state index in [1.807, 2.05) is 0 Å². The lowest BCUT2D eigenvalue weighted by Crippen LogP contribution is -2.32. The van der Waals surface area contributed by atoms with Crippen molar-refractivity contribution < 1.29 is 23.9 Å². The van der Waals surface area contributed by atoms with Gasteiger partial charge >= 0.3 is 11.9 Å². The number of carbonyl (C=O) groups excluding carboxylic acids is 4. The molecule has 2 aromatic rings. The number of nitrogens with zero attached hydrogens (tertiary/aromatic N) is 1. The summed E-state index contributed by atoms with van der Waals surface area (Å²) in [5, 5.41) is 0. The molecule has 1 amide bonds. The normalized spacial score (nSPS) is 14.0. The number of anilines is 1. The third-order valence-electron chi connectivity index (χ3n) is 4.15. The highest BCUT2D eigenvalue weighted by Crippen LogP contribution is 2.33. The van der Waals surface area contributed by atoms with Gasteiger partial charge in [-0.1, -0.05) is 34.1 Å². The molecule has 0 saturated heterocycles. The molecule has 0 unspecified atom stereocenters. The molecule has 0 aliphatic carbocycles. The average Bonchev–Trinajstić information content (AvgIpc) is 2.93. The molecule has 2 aromatic carbocycles. The molecule has 0 fully saturated rings. The quantitative estimate of drug-likeness (QED) is 0.324. The van der Waals surface area contributed by atoms with E-state index < -0.39 is 29.0 Å². The fourth-order valence-electron chi connectivity index (χ4n) is 2.82. The summed E-state index contributed by atoms with van der Waals surface area (Å²) in [4.78, 5) is 51.6. The second-order valence-corrected chi connectivity index (χ2v) is 6.72. The predicted molar refractivity (Wildman–Crippen MR) is 101 cm³/mol. The maximum absolute atomic E-state index is 12.9. The van der Waals surface area contributed by atoms with Crippen molar-refractivity contribution in [3.63, 3.8) is 0 Å². The molecule has 3 rings (SSSR count). The lowest BCUT2D eigenvalue weighted by molar-refractivity contribution is -0.136. The molecule has 0 atom stereocenters. The Morgan fingerprint density at radius 3 is 2.22 bits per heavy atom. The van der Waals surface area contributed by atoms with E-state index in [-0.39, 0.29) is 11.3 Å². The van der Waals surface area contributed by atoms with E-state index in [1.165, 1.54) is 12.1 Å². The van der Waals surface area contributed by atoms with Crippen molar-refractivity contribution in [1.82, 2.24) is 0 Å². The van der Waals surface area contributed by atoms with Crippen molar-refractivity contribution >= 4 is 45.1 Å². The number of rotatable bonds is 4. The molecule has 6 nitrogen and oxygen atoms in total. The molecule has 1 aliphatic heterocycles. The van der Waals surface area contributed by atoms with Crippen LogP contribution in [0.4, 0.5) is 5.69 Å². The summed E-state index contributed by atoms with van der Waals surface area (Å²) in [7, 11) is 1.13. The number of halogens is 1. The first-order chi connectivity index (χ1) is 12.9. The Morgan fingerprint density at radius 2 is 1.63 bits per heavy atom. The van der Waals surface area contributed by atoms with E-state index in [0.717, 1.165) is 16.5 Å². The van der Waals surface area contributed by atoms with Gasteiger partial charge in [0.25, 0.3) is 5.78 Å². The van der Waals surface area contributed by atoms with Gasteiger partial charge in [0.05, 0.1) is 12.8 Å². The lowest BCUT2D eigenvalue weighted by atomic mass is 10.00. The van der Waals surface area contributed by atoms with E-state index in [9.17, 15) is 19.2 Å². The Balaban J connectivity index is 2.22. The standard InChI is InChI=1S/C20H14BrNO5/c1-11-5-3-4-6-14(11)22-16(20(26)27-2)15(18(24)19(22)25)17(23)12-7-9-13(21)10-8-12/h3-10H,1-2H3. The summed E-state index contributed by atoms with van der Waals surface area (Å²) < 4.78 is 5.50. The van der Waals surface area contributed by atoms with Gasteiger partial charge in [-0.3, -0.25) is 19.3 Å². The topological polar surface area (TPSA) is 80.8 Å². The number of para-hydroxylation sites is 1. The molecule has 1 aliphatic rings. The Labute approximate surface area is 163 Å². The van der Waals surface area contributed by atoms with Crippen LogP contribution in [0.5, 0.6) is 0 Å². The average molecular weight is 428 g/mol. The van der Waals surface area contributed by atoms with Crippen LogP contribution in [0.25, 0.3) is 0 Å². The minimum atomic E-state index is -1.04. The van der Waals surface area contributed by atoms with Crippen LogP contribution in [0, 0.1) is 6.92 Å². The number of ether oxygens (including phenoxy) is 1. The fourth-order valence-corrected chi connectivity index (χ4v) is 3.08. The molecule has 0 spiro atoms. The molecule has 0 N–H and O–H groups in total. The maximum atomic E-state index is 12.9. The summed E-state index contributed by atoms with van der Waals surface area (Å²) in [5.41, 5.74) is 0.335. The number of amides is 1. The van der Waals surface area contributed by atoms with Crippen molar-refractivity contribution in [2.45, 2.75) is 6.92 Å². The number of benzene rings is 2. The van der Waals surface area contributed by atoms with E-state index in [4.69, 9.17) is 4.74 Å².